The number of hydrogen-bond acceptors (Lipinski definition) is 2. The van der Waals surface area contributed by atoms with Gasteiger partial charge in [0.05, 0.1) is 17.7 Å². The molecular formula is C18H21ClF2N2O. The number of halogens is 3. The van der Waals surface area contributed by atoms with E-state index in [1.165, 1.54) is 12.1 Å². The lowest BCUT2D eigenvalue weighted by atomic mass is 9.92. The van der Waals surface area contributed by atoms with Crippen LogP contribution in [0.4, 0.5) is 8.78 Å². The van der Waals surface area contributed by atoms with Gasteiger partial charge in [0.25, 0.3) is 0 Å². The van der Waals surface area contributed by atoms with E-state index in [1.807, 2.05) is 18.2 Å². The van der Waals surface area contributed by atoms with Crippen LogP contribution in [-0.2, 0) is 0 Å². The molecular weight excluding hydrogens is 334 g/mol. The van der Waals surface area contributed by atoms with Crippen LogP contribution in [0.3, 0.4) is 0 Å². The third kappa shape index (κ3) is 3.53. The average molecular weight is 355 g/mol. The molecule has 6 heteroatoms. The highest BCUT2D eigenvalue weighted by Crippen LogP contribution is 2.33. The number of aromatic nitrogens is 1. The lowest BCUT2D eigenvalue weighted by Crippen LogP contribution is -2.34. The smallest absolute Gasteiger partial charge is 0.147 e. The van der Waals surface area contributed by atoms with Crippen molar-refractivity contribution >= 4 is 23.3 Å². The first-order valence-electron chi connectivity index (χ1n) is 7.71. The number of nitrogens with one attached hydrogen (secondary N) is 1. The maximum Gasteiger partial charge on any atom is 0.147 e. The number of aliphatic hydroxyl groups is 1. The first-order chi connectivity index (χ1) is 11.1. The maximum absolute atomic E-state index is 14.3. The number of fused-ring (bicyclic) bond motifs is 1. The molecule has 24 heavy (non-hydrogen) atoms. The quantitative estimate of drug-likeness (QED) is 0.861. The van der Waals surface area contributed by atoms with Crippen LogP contribution < -0.4 is 5.32 Å². The van der Waals surface area contributed by atoms with Gasteiger partial charge in [0, 0.05) is 24.5 Å². The Kier molecular flexibility index (Phi) is 6.15. The zero-order valence-electron chi connectivity index (χ0n) is 13.3. The normalized spacial score (nSPS) is 19.7. The zero-order chi connectivity index (χ0) is 16.4. The third-order valence-electron chi connectivity index (χ3n) is 4.21. The fourth-order valence-electron chi connectivity index (χ4n) is 3.22. The van der Waals surface area contributed by atoms with Gasteiger partial charge in [-0.2, -0.15) is 0 Å². The van der Waals surface area contributed by atoms with E-state index < -0.39 is 18.3 Å². The Balaban J connectivity index is 0.00000208. The standard InChI is InChI=1S/C18H20F2N2O.ClH/c1-21-11-16(23)18(13-5-2-6-14(19)10-13)22-9-8-12-4-3-7-15(20)17(12)22;/h2-9,14,16,18,21,23H,10-11H2,1H3;1H/t14?,16?,18-;/m0./s1. The van der Waals surface area contributed by atoms with Gasteiger partial charge in [-0.3, -0.25) is 0 Å². The van der Waals surface area contributed by atoms with Gasteiger partial charge in [-0.05, 0) is 24.8 Å². The highest BCUT2D eigenvalue weighted by molar-refractivity contribution is 5.85. The van der Waals surface area contributed by atoms with Crippen molar-refractivity contribution < 1.29 is 13.9 Å². The summed E-state index contributed by atoms with van der Waals surface area (Å²) in [5.74, 6) is -0.349. The number of para-hydroxylation sites is 1. The van der Waals surface area contributed by atoms with E-state index in [0.717, 1.165) is 11.0 Å². The molecule has 0 saturated carbocycles. The minimum atomic E-state index is -1.08. The van der Waals surface area contributed by atoms with Crippen LogP contribution in [0.2, 0.25) is 0 Å². The fourth-order valence-corrected chi connectivity index (χ4v) is 3.22. The number of aliphatic hydroxyl groups excluding tert-OH is 1. The maximum atomic E-state index is 14.3. The molecule has 0 fully saturated rings. The SMILES string of the molecule is CNCC(O)[C@H](C1=CC=CC(F)C1)n1ccc2cccc(F)c21.Cl. The minimum Gasteiger partial charge on any atom is -0.389 e. The Morgan fingerprint density at radius 1 is 1.38 bits per heavy atom. The predicted molar refractivity (Wildman–Crippen MR) is 94.9 cm³/mol. The summed E-state index contributed by atoms with van der Waals surface area (Å²) >= 11 is 0. The lowest BCUT2D eigenvalue weighted by molar-refractivity contribution is 0.127. The number of rotatable bonds is 5. The molecule has 0 spiro atoms. The molecule has 1 aliphatic carbocycles. The summed E-state index contributed by atoms with van der Waals surface area (Å²) in [7, 11) is 1.74. The number of allylic oxidation sites excluding steroid dienone is 3. The molecule has 2 N–H and O–H groups in total. The van der Waals surface area contributed by atoms with Crippen molar-refractivity contribution in [3.8, 4) is 0 Å². The van der Waals surface area contributed by atoms with Crippen LogP contribution in [0.25, 0.3) is 10.9 Å². The molecule has 3 atom stereocenters. The molecule has 0 aliphatic heterocycles. The van der Waals surface area contributed by atoms with Crippen LogP contribution in [0.15, 0.2) is 54.3 Å². The summed E-state index contributed by atoms with van der Waals surface area (Å²) in [6.45, 7) is 0.330. The molecule has 2 aromatic rings. The Morgan fingerprint density at radius 3 is 2.88 bits per heavy atom. The van der Waals surface area contributed by atoms with Crippen molar-refractivity contribution in [1.29, 1.82) is 0 Å². The van der Waals surface area contributed by atoms with E-state index in [4.69, 9.17) is 0 Å². The summed E-state index contributed by atoms with van der Waals surface area (Å²) in [5, 5.41) is 14.3. The molecule has 0 saturated heterocycles. The zero-order valence-corrected chi connectivity index (χ0v) is 14.1. The molecule has 2 unspecified atom stereocenters. The first-order valence-corrected chi connectivity index (χ1v) is 7.71. The van der Waals surface area contributed by atoms with Crippen molar-refractivity contribution in [1.82, 2.24) is 9.88 Å². The van der Waals surface area contributed by atoms with Gasteiger partial charge in [-0.25, -0.2) is 8.78 Å². The number of benzene rings is 1. The Bertz CT molecular complexity index is 757. The van der Waals surface area contributed by atoms with Gasteiger partial charge < -0.3 is 15.0 Å². The number of alkyl halides is 1. The molecule has 3 rings (SSSR count). The Labute approximate surface area is 146 Å². The van der Waals surface area contributed by atoms with E-state index in [9.17, 15) is 13.9 Å². The van der Waals surface area contributed by atoms with Gasteiger partial charge in [0.2, 0.25) is 0 Å². The van der Waals surface area contributed by atoms with Gasteiger partial charge in [-0.15, -0.1) is 12.4 Å². The molecule has 1 aromatic heterocycles. The number of hydrogen-bond donors (Lipinski definition) is 2. The summed E-state index contributed by atoms with van der Waals surface area (Å²) in [4.78, 5) is 0. The van der Waals surface area contributed by atoms with Crippen LogP contribution in [0, 0.1) is 5.82 Å². The van der Waals surface area contributed by atoms with Crippen molar-refractivity contribution in [2.75, 3.05) is 13.6 Å². The van der Waals surface area contributed by atoms with Gasteiger partial charge in [0.1, 0.15) is 12.0 Å². The molecule has 1 aliphatic rings. The predicted octanol–water partition coefficient (Wildman–Crippen LogP) is 3.55. The van der Waals surface area contributed by atoms with Crippen molar-refractivity contribution in [2.45, 2.75) is 24.7 Å². The van der Waals surface area contributed by atoms with E-state index in [0.29, 0.717) is 12.1 Å². The minimum absolute atomic E-state index is 0. The first kappa shape index (κ1) is 18.6. The van der Waals surface area contributed by atoms with Crippen molar-refractivity contribution in [2.24, 2.45) is 0 Å². The summed E-state index contributed by atoms with van der Waals surface area (Å²) < 4.78 is 29.8. The van der Waals surface area contributed by atoms with Gasteiger partial charge >= 0.3 is 0 Å². The van der Waals surface area contributed by atoms with E-state index >= 15 is 0 Å². The van der Waals surface area contributed by atoms with Crippen molar-refractivity contribution in [3.05, 3.63) is 60.1 Å². The van der Waals surface area contributed by atoms with Crippen LogP contribution >= 0.6 is 12.4 Å². The van der Waals surface area contributed by atoms with Crippen LogP contribution in [-0.4, -0.2) is 35.5 Å². The van der Waals surface area contributed by atoms with Crippen LogP contribution in [0.1, 0.15) is 12.5 Å². The molecule has 3 nitrogen and oxygen atoms in total. The summed E-state index contributed by atoms with van der Waals surface area (Å²) in [5.41, 5.74) is 1.18. The topological polar surface area (TPSA) is 37.2 Å². The Morgan fingerprint density at radius 2 is 2.17 bits per heavy atom. The Hall–Kier alpha value is -1.69. The summed E-state index contributed by atoms with van der Waals surface area (Å²) in [6, 6.07) is 6.17. The van der Waals surface area contributed by atoms with E-state index in [2.05, 4.69) is 5.32 Å². The van der Waals surface area contributed by atoms with E-state index in [-0.39, 0.29) is 24.6 Å². The highest BCUT2D eigenvalue weighted by Gasteiger charge is 2.28. The second-order valence-corrected chi connectivity index (χ2v) is 5.82. The average Bonchev–Trinajstić information content (AvgIpc) is 2.93. The number of nitrogens with zero attached hydrogens (tertiary/aromatic N) is 1. The molecule has 130 valence electrons. The van der Waals surface area contributed by atoms with Crippen LogP contribution in [0.5, 0.6) is 0 Å². The molecule has 0 amide bonds. The van der Waals surface area contributed by atoms with Gasteiger partial charge in [-0.1, -0.05) is 30.4 Å². The molecule has 0 radical (unpaired) electrons. The second kappa shape index (κ2) is 7.92. The second-order valence-electron chi connectivity index (χ2n) is 5.82. The summed E-state index contributed by atoms with van der Waals surface area (Å²) in [6.07, 6.45) is 5.04. The molecule has 1 aromatic carbocycles. The van der Waals surface area contributed by atoms with Gasteiger partial charge in [0.15, 0.2) is 0 Å². The van der Waals surface area contributed by atoms with E-state index in [1.54, 1.807) is 30.0 Å². The fraction of sp³-hybridized carbons (Fsp3) is 0.333. The molecule has 0 bridgehead atoms. The third-order valence-corrected chi connectivity index (χ3v) is 4.21. The largest absolute Gasteiger partial charge is 0.389 e. The highest BCUT2D eigenvalue weighted by atomic mass is 35.5. The number of likely N-dealkylation sites (N-methyl/N-ethyl adjacent to an activating group) is 1. The van der Waals surface area contributed by atoms with Crippen molar-refractivity contribution in [3.63, 3.8) is 0 Å². The monoisotopic (exact) mass is 354 g/mol. The lowest BCUT2D eigenvalue weighted by Gasteiger charge is -2.29. The molecule has 1 heterocycles.